The number of benzene rings is 3. The molecule has 4 rings (SSSR count). The number of anilines is 1. The highest BCUT2D eigenvalue weighted by molar-refractivity contribution is 7.85. The number of carbonyl (C=O) groups excluding carboxylic acids is 2. The average molecular weight is 467 g/mol. The molecule has 0 spiro atoms. The summed E-state index contributed by atoms with van der Waals surface area (Å²) in [5.74, 6) is -0.388. The van der Waals surface area contributed by atoms with Gasteiger partial charge in [-0.15, -0.1) is 0 Å². The van der Waals surface area contributed by atoms with Crippen molar-refractivity contribution in [3.8, 4) is 0 Å². The van der Waals surface area contributed by atoms with E-state index in [9.17, 15) is 13.8 Å². The Labute approximate surface area is 195 Å². The molecule has 0 unspecified atom stereocenters. The van der Waals surface area contributed by atoms with Crippen LogP contribution in [0.2, 0.25) is 5.02 Å². The lowest BCUT2D eigenvalue weighted by atomic mass is 10.1. The summed E-state index contributed by atoms with van der Waals surface area (Å²) in [5.41, 5.74) is 2.16. The van der Waals surface area contributed by atoms with Gasteiger partial charge in [-0.3, -0.25) is 9.59 Å². The molecule has 164 valence electrons. The maximum atomic E-state index is 13.6. The van der Waals surface area contributed by atoms with E-state index in [1.165, 1.54) is 0 Å². The first kappa shape index (κ1) is 22.2. The van der Waals surface area contributed by atoms with Crippen molar-refractivity contribution in [2.45, 2.75) is 30.2 Å². The van der Waals surface area contributed by atoms with Gasteiger partial charge in [0.1, 0.15) is 0 Å². The highest BCUT2D eigenvalue weighted by atomic mass is 35.5. The number of nitrogens with zero attached hydrogens (tertiary/aromatic N) is 2. The maximum Gasteiger partial charge on any atom is 0.259 e. The van der Waals surface area contributed by atoms with Gasteiger partial charge in [-0.05, 0) is 61.9 Å². The van der Waals surface area contributed by atoms with Crippen molar-refractivity contribution in [2.75, 3.05) is 18.0 Å². The molecule has 0 N–H and O–H groups in total. The van der Waals surface area contributed by atoms with Gasteiger partial charge in [0.25, 0.3) is 11.8 Å². The molecular formula is C25H23ClN2O3S. The van der Waals surface area contributed by atoms with E-state index in [0.29, 0.717) is 44.7 Å². The van der Waals surface area contributed by atoms with Gasteiger partial charge >= 0.3 is 0 Å². The van der Waals surface area contributed by atoms with Gasteiger partial charge in [0, 0.05) is 23.7 Å². The zero-order valence-electron chi connectivity index (χ0n) is 17.9. The summed E-state index contributed by atoms with van der Waals surface area (Å²) < 4.78 is 13.5. The van der Waals surface area contributed by atoms with Crippen molar-refractivity contribution in [3.63, 3.8) is 0 Å². The molecule has 0 fully saturated rings. The van der Waals surface area contributed by atoms with Crippen molar-refractivity contribution < 1.29 is 13.8 Å². The average Bonchev–Trinajstić information content (AvgIpc) is 2.89. The standard InChI is InChI=1S/C25H23ClN2O3S/c1-3-27(4-2)24(29)18-12-13-23-21(15-18)28(16-17-8-7-9-19(26)14-17)25(30)20-10-5-6-11-22(20)32(23)31/h5-15H,3-4,16H2,1-2H3/t32-/m0/s1. The molecule has 0 aromatic heterocycles. The highest BCUT2D eigenvalue weighted by Crippen LogP contribution is 2.36. The Morgan fingerprint density at radius 3 is 2.44 bits per heavy atom. The molecule has 7 heteroatoms. The van der Waals surface area contributed by atoms with Gasteiger partial charge in [0.2, 0.25) is 0 Å². The molecule has 3 aromatic carbocycles. The minimum Gasteiger partial charge on any atom is -0.339 e. The van der Waals surface area contributed by atoms with Crippen LogP contribution in [0.3, 0.4) is 0 Å². The molecule has 1 aliphatic rings. The van der Waals surface area contributed by atoms with Crippen molar-refractivity contribution in [1.29, 1.82) is 0 Å². The Kier molecular flexibility index (Phi) is 6.44. The van der Waals surface area contributed by atoms with E-state index in [2.05, 4.69) is 0 Å². The molecule has 3 aromatic rings. The fourth-order valence-corrected chi connectivity index (χ4v) is 5.42. The van der Waals surface area contributed by atoms with Crippen LogP contribution in [0.4, 0.5) is 5.69 Å². The molecule has 0 saturated heterocycles. The molecule has 1 heterocycles. The van der Waals surface area contributed by atoms with Crippen LogP contribution in [0.25, 0.3) is 0 Å². The van der Waals surface area contributed by atoms with E-state index >= 15 is 0 Å². The minimum absolute atomic E-state index is 0.125. The van der Waals surface area contributed by atoms with E-state index in [0.717, 1.165) is 5.56 Å². The Bertz CT molecular complexity index is 1220. The number of fused-ring (bicyclic) bond motifs is 2. The van der Waals surface area contributed by atoms with E-state index in [1.54, 1.807) is 64.4 Å². The van der Waals surface area contributed by atoms with Gasteiger partial charge in [-0.2, -0.15) is 0 Å². The number of carbonyl (C=O) groups is 2. The summed E-state index contributed by atoms with van der Waals surface area (Å²) in [6.07, 6.45) is 0. The van der Waals surface area contributed by atoms with Crippen LogP contribution >= 0.6 is 11.6 Å². The van der Waals surface area contributed by atoms with Crippen LogP contribution in [0, 0.1) is 0 Å². The van der Waals surface area contributed by atoms with Crippen LogP contribution in [0.15, 0.2) is 76.5 Å². The fraction of sp³-hybridized carbons (Fsp3) is 0.200. The molecule has 0 radical (unpaired) electrons. The highest BCUT2D eigenvalue weighted by Gasteiger charge is 2.31. The summed E-state index contributed by atoms with van der Waals surface area (Å²) in [4.78, 5) is 30.9. The third-order valence-electron chi connectivity index (χ3n) is 5.54. The molecule has 32 heavy (non-hydrogen) atoms. The van der Waals surface area contributed by atoms with Crippen molar-refractivity contribution in [1.82, 2.24) is 4.90 Å². The van der Waals surface area contributed by atoms with Gasteiger partial charge in [0.15, 0.2) is 0 Å². The normalized spacial score (nSPS) is 15.0. The first-order valence-electron chi connectivity index (χ1n) is 10.4. The fourth-order valence-electron chi connectivity index (χ4n) is 3.86. The second kappa shape index (κ2) is 9.27. The lowest BCUT2D eigenvalue weighted by Crippen LogP contribution is -2.32. The molecule has 5 nitrogen and oxygen atoms in total. The van der Waals surface area contributed by atoms with Crippen LogP contribution in [0.1, 0.15) is 40.1 Å². The zero-order valence-corrected chi connectivity index (χ0v) is 19.4. The number of hydrogen-bond donors (Lipinski definition) is 0. The number of halogens is 1. The van der Waals surface area contributed by atoms with Crippen LogP contribution in [0.5, 0.6) is 0 Å². The minimum atomic E-state index is -1.56. The Balaban J connectivity index is 1.89. The topological polar surface area (TPSA) is 57.7 Å². The van der Waals surface area contributed by atoms with Crippen LogP contribution < -0.4 is 4.90 Å². The van der Waals surface area contributed by atoms with Crippen molar-refractivity contribution in [2.24, 2.45) is 0 Å². The first-order valence-corrected chi connectivity index (χ1v) is 12.0. The molecule has 0 saturated carbocycles. The SMILES string of the molecule is CCN(CC)C(=O)c1ccc2c(c1)N(Cc1cccc(Cl)c1)C(=O)c1ccccc1[S@@]2=O. The molecule has 2 amide bonds. The molecule has 0 bridgehead atoms. The van der Waals surface area contributed by atoms with Gasteiger partial charge in [-0.1, -0.05) is 35.9 Å². The number of amides is 2. The second-order valence-corrected chi connectivity index (χ2v) is 9.30. The monoisotopic (exact) mass is 466 g/mol. The smallest absolute Gasteiger partial charge is 0.259 e. The molecule has 1 aliphatic heterocycles. The molecular weight excluding hydrogens is 444 g/mol. The van der Waals surface area contributed by atoms with Crippen molar-refractivity contribution in [3.05, 3.63) is 88.4 Å². The first-order chi connectivity index (χ1) is 15.4. The van der Waals surface area contributed by atoms with E-state index < -0.39 is 10.8 Å². The lowest BCUT2D eigenvalue weighted by molar-refractivity contribution is 0.0772. The summed E-state index contributed by atoms with van der Waals surface area (Å²) in [6, 6.07) is 19.3. The number of rotatable bonds is 5. The van der Waals surface area contributed by atoms with E-state index in [-0.39, 0.29) is 18.4 Å². The summed E-state index contributed by atoms with van der Waals surface area (Å²) in [5, 5.41) is 0.569. The van der Waals surface area contributed by atoms with Crippen molar-refractivity contribution >= 4 is 39.9 Å². The van der Waals surface area contributed by atoms with E-state index in [1.807, 2.05) is 26.0 Å². The number of hydrogen-bond acceptors (Lipinski definition) is 3. The summed E-state index contributed by atoms with van der Waals surface area (Å²) >= 11 is 6.17. The third-order valence-corrected chi connectivity index (χ3v) is 7.27. The molecule has 0 aliphatic carbocycles. The quantitative estimate of drug-likeness (QED) is 0.522. The Morgan fingerprint density at radius 1 is 0.969 bits per heavy atom. The lowest BCUT2D eigenvalue weighted by Gasteiger charge is -2.25. The van der Waals surface area contributed by atoms with Gasteiger partial charge < -0.3 is 9.80 Å². The maximum absolute atomic E-state index is 13.6. The summed E-state index contributed by atoms with van der Waals surface area (Å²) in [6.45, 7) is 5.24. The Morgan fingerprint density at radius 2 is 1.72 bits per heavy atom. The molecule has 1 atom stereocenters. The second-order valence-electron chi connectivity index (χ2n) is 7.45. The predicted octanol–water partition coefficient (Wildman–Crippen LogP) is 5.15. The predicted molar refractivity (Wildman–Crippen MR) is 127 cm³/mol. The van der Waals surface area contributed by atoms with Gasteiger partial charge in [0.05, 0.1) is 38.4 Å². The van der Waals surface area contributed by atoms with Crippen LogP contribution in [-0.4, -0.2) is 34.0 Å². The van der Waals surface area contributed by atoms with E-state index in [4.69, 9.17) is 11.6 Å². The largest absolute Gasteiger partial charge is 0.339 e. The zero-order chi connectivity index (χ0) is 22.8. The van der Waals surface area contributed by atoms with Gasteiger partial charge in [-0.25, -0.2) is 4.21 Å². The third kappa shape index (κ3) is 4.08. The Hall–Kier alpha value is -2.96. The summed E-state index contributed by atoms with van der Waals surface area (Å²) in [7, 11) is -1.56. The van der Waals surface area contributed by atoms with Crippen LogP contribution in [-0.2, 0) is 17.3 Å².